The van der Waals surface area contributed by atoms with Gasteiger partial charge in [-0.25, -0.2) is 9.97 Å². The molecule has 0 bridgehead atoms. The van der Waals surface area contributed by atoms with Crippen LogP contribution in [-0.4, -0.2) is 16.0 Å². The van der Waals surface area contributed by atoms with Gasteiger partial charge in [0.15, 0.2) is 0 Å². The van der Waals surface area contributed by atoms with Crippen LogP contribution < -0.4 is 5.32 Å². The Morgan fingerprint density at radius 2 is 2.00 bits per heavy atom. The third-order valence-corrected chi connectivity index (χ3v) is 4.32. The van der Waals surface area contributed by atoms with E-state index < -0.39 is 0 Å². The second-order valence-corrected chi connectivity index (χ2v) is 6.00. The van der Waals surface area contributed by atoms with Crippen molar-refractivity contribution in [1.82, 2.24) is 9.97 Å². The summed E-state index contributed by atoms with van der Waals surface area (Å²) in [7, 11) is 0. The average molecular weight is 247 g/mol. The van der Waals surface area contributed by atoms with Gasteiger partial charge in [0.2, 0.25) is 0 Å². The van der Waals surface area contributed by atoms with Gasteiger partial charge in [-0.05, 0) is 24.2 Å². The Morgan fingerprint density at radius 1 is 1.22 bits per heavy atom. The highest BCUT2D eigenvalue weighted by atomic mass is 15.0. The van der Waals surface area contributed by atoms with Crippen molar-refractivity contribution >= 4 is 5.82 Å². The Hall–Kier alpha value is -1.12. The minimum Gasteiger partial charge on any atom is -0.367 e. The fourth-order valence-electron chi connectivity index (χ4n) is 2.74. The molecule has 0 saturated heterocycles. The zero-order valence-corrected chi connectivity index (χ0v) is 12.0. The zero-order valence-electron chi connectivity index (χ0n) is 12.0. The summed E-state index contributed by atoms with van der Waals surface area (Å²) >= 11 is 0. The van der Waals surface area contributed by atoms with Gasteiger partial charge >= 0.3 is 0 Å². The predicted molar refractivity (Wildman–Crippen MR) is 75.7 cm³/mol. The summed E-state index contributed by atoms with van der Waals surface area (Å²) in [6.07, 6.45) is 5.62. The fourth-order valence-corrected chi connectivity index (χ4v) is 2.74. The molecule has 0 radical (unpaired) electrons. The summed E-state index contributed by atoms with van der Waals surface area (Å²) < 4.78 is 0. The van der Waals surface area contributed by atoms with Crippen LogP contribution in [0.2, 0.25) is 0 Å². The molecule has 1 aromatic rings. The van der Waals surface area contributed by atoms with E-state index in [0.717, 1.165) is 23.3 Å². The van der Waals surface area contributed by atoms with Gasteiger partial charge < -0.3 is 5.32 Å². The lowest BCUT2D eigenvalue weighted by Gasteiger charge is -2.35. The molecule has 3 nitrogen and oxygen atoms in total. The van der Waals surface area contributed by atoms with E-state index >= 15 is 0 Å². The van der Waals surface area contributed by atoms with Crippen LogP contribution in [0.5, 0.6) is 0 Å². The molecule has 1 aromatic heterocycles. The van der Waals surface area contributed by atoms with Crippen LogP contribution in [0.1, 0.15) is 58.6 Å². The number of nitrogens with one attached hydrogen (secondary N) is 1. The highest BCUT2D eigenvalue weighted by molar-refractivity contribution is 5.37. The molecule has 3 heteroatoms. The van der Waals surface area contributed by atoms with Gasteiger partial charge in [-0.1, -0.05) is 40.5 Å². The molecule has 3 atom stereocenters. The van der Waals surface area contributed by atoms with Crippen molar-refractivity contribution in [2.45, 2.75) is 58.9 Å². The van der Waals surface area contributed by atoms with Crippen molar-refractivity contribution in [3.63, 3.8) is 0 Å². The number of hydrogen-bond donors (Lipinski definition) is 1. The quantitative estimate of drug-likeness (QED) is 0.882. The van der Waals surface area contributed by atoms with E-state index in [0.29, 0.717) is 12.0 Å². The van der Waals surface area contributed by atoms with Crippen LogP contribution in [0.25, 0.3) is 0 Å². The Morgan fingerprint density at radius 3 is 2.72 bits per heavy atom. The second kappa shape index (κ2) is 5.68. The standard InChI is InChI=1S/C15H25N3/c1-10(2)14-8-15(17-9-16-14)18-13-7-5-6-11(3)12(13)4/h8-13H,5-7H2,1-4H3,(H,16,17,18). The highest BCUT2D eigenvalue weighted by Gasteiger charge is 2.27. The molecule has 100 valence electrons. The monoisotopic (exact) mass is 247 g/mol. The van der Waals surface area contributed by atoms with Crippen LogP contribution >= 0.6 is 0 Å². The van der Waals surface area contributed by atoms with Crippen molar-refractivity contribution < 1.29 is 0 Å². The number of rotatable bonds is 3. The third-order valence-electron chi connectivity index (χ3n) is 4.32. The van der Waals surface area contributed by atoms with Crippen LogP contribution in [-0.2, 0) is 0 Å². The summed E-state index contributed by atoms with van der Waals surface area (Å²) in [5.41, 5.74) is 1.11. The van der Waals surface area contributed by atoms with Crippen LogP contribution in [0, 0.1) is 11.8 Å². The summed E-state index contributed by atoms with van der Waals surface area (Å²) in [6.45, 7) is 9.04. The van der Waals surface area contributed by atoms with Crippen molar-refractivity contribution in [1.29, 1.82) is 0 Å². The molecule has 1 heterocycles. The minimum atomic E-state index is 0.455. The van der Waals surface area contributed by atoms with Gasteiger partial charge in [-0.2, -0.15) is 0 Å². The molecule has 0 amide bonds. The highest BCUT2D eigenvalue weighted by Crippen LogP contribution is 2.31. The fraction of sp³-hybridized carbons (Fsp3) is 0.733. The lowest BCUT2D eigenvalue weighted by atomic mass is 9.78. The number of anilines is 1. The van der Waals surface area contributed by atoms with Gasteiger partial charge in [0.05, 0.1) is 0 Å². The maximum absolute atomic E-state index is 4.35. The molecule has 0 aliphatic heterocycles. The summed E-state index contributed by atoms with van der Waals surface area (Å²) in [4.78, 5) is 8.67. The van der Waals surface area contributed by atoms with Crippen molar-refractivity contribution in [3.8, 4) is 0 Å². The Balaban J connectivity index is 2.06. The molecule has 1 aliphatic rings. The van der Waals surface area contributed by atoms with E-state index in [1.54, 1.807) is 6.33 Å². The minimum absolute atomic E-state index is 0.455. The van der Waals surface area contributed by atoms with Gasteiger partial charge in [-0.15, -0.1) is 0 Å². The first-order chi connectivity index (χ1) is 8.58. The molecular weight excluding hydrogens is 222 g/mol. The normalized spacial score (nSPS) is 28.4. The molecule has 1 aliphatic carbocycles. The van der Waals surface area contributed by atoms with E-state index in [9.17, 15) is 0 Å². The smallest absolute Gasteiger partial charge is 0.129 e. The van der Waals surface area contributed by atoms with E-state index in [4.69, 9.17) is 0 Å². The first kappa shape index (κ1) is 13.3. The maximum atomic E-state index is 4.35. The molecular formula is C15H25N3. The Bertz CT molecular complexity index is 389. The molecule has 0 aromatic carbocycles. The van der Waals surface area contributed by atoms with Gasteiger partial charge in [0, 0.05) is 17.8 Å². The van der Waals surface area contributed by atoms with E-state index in [1.807, 2.05) is 0 Å². The van der Waals surface area contributed by atoms with Crippen molar-refractivity contribution in [2.75, 3.05) is 5.32 Å². The Kier molecular flexibility index (Phi) is 4.20. The molecule has 3 unspecified atom stereocenters. The molecule has 1 fully saturated rings. The summed E-state index contributed by atoms with van der Waals surface area (Å²) in [5.74, 6) is 2.97. The van der Waals surface area contributed by atoms with E-state index in [1.165, 1.54) is 19.3 Å². The molecule has 2 rings (SSSR count). The van der Waals surface area contributed by atoms with E-state index in [-0.39, 0.29) is 0 Å². The predicted octanol–water partition coefficient (Wildman–Crippen LogP) is 3.84. The molecule has 1 N–H and O–H groups in total. The van der Waals surface area contributed by atoms with Crippen molar-refractivity contribution in [2.24, 2.45) is 11.8 Å². The molecule has 1 saturated carbocycles. The summed E-state index contributed by atoms with van der Waals surface area (Å²) in [6, 6.07) is 2.65. The van der Waals surface area contributed by atoms with Gasteiger partial charge in [0.25, 0.3) is 0 Å². The second-order valence-electron chi connectivity index (χ2n) is 6.00. The van der Waals surface area contributed by atoms with Gasteiger partial charge in [0.1, 0.15) is 12.1 Å². The SMILES string of the molecule is CC(C)c1cc(NC2CCCC(C)C2C)ncn1. The summed E-state index contributed by atoms with van der Waals surface area (Å²) in [5, 5.41) is 3.61. The average Bonchev–Trinajstić information content (AvgIpc) is 2.35. The van der Waals surface area contributed by atoms with Crippen molar-refractivity contribution in [3.05, 3.63) is 18.1 Å². The third kappa shape index (κ3) is 3.01. The molecule has 18 heavy (non-hydrogen) atoms. The number of hydrogen-bond acceptors (Lipinski definition) is 3. The van der Waals surface area contributed by atoms with Gasteiger partial charge in [-0.3, -0.25) is 0 Å². The Labute approximate surface area is 110 Å². The first-order valence-corrected chi connectivity index (χ1v) is 7.16. The maximum Gasteiger partial charge on any atom is 0.129 e. The number of aromatic nitrogens is 2. The zero-order chi connectivity index (χ0) is 13.1. The van der Waals surface area contributed by atoms with E-state index in [2.05, 4.69) is 49.0 Å². The lowest BCUT2D eigenvalue weighted by Crippen LogP contribution is -2.35. The lowest BCUT2D eigenvalue weighted by molar-refractivity contribution is 0.253. The van der Waals surface area contributed by atoms with Crippen LogP contribution in [0.3, 0.4) is 0 Å². The van der Waals surface area contributed by atoms with Crippen LogP contribution in [0.4, 0.5) is 5.82 Å². The largest absolute Gasteiger partial charge is 0.367 e. The molecule has 0 spiro atoms. The van der Waals surface area contributed by atoms with Crippen LogP contribution in [0.15, 0.2) is 12.4 Å². The number of nitrogens with zero attached hydrogens (tertiary/aromatic N) is 2. The first-order valence-electron chi connectivity index (χ1n) is 7.16. The topological polar surface area (TPSA) is 37.8 Å².